The quantitative estimate of drug-likeness (QED) is 0.651. The van der Waals surface area contributed by atoms with Crippen LogP contribution in [0.15, 0.2) is 24.3 Å². The van der Waals surface area contributed by atoms with E-state index in [0.717, 1.165) is 5.56 Å². The third kappa shape index (κ3) is 6.08. The monoisotopic (exact) mass is 286 g/mol. The van der Waals surface area contributed by atoms with Crippen molar-refractivity contribution < 1.29 is 9.59 Å². The van der Waals surface area contributed by atoms with Crippen molar-refractivity contribution >= 4 is 30.0 Å². The van der Waals surface area contributed by atoms with E-state index in [4.69, 9.17) is 11.5 Å². The molecule has 1 unspecified atom stereocenters. The van der Waals surface area contributed by atoms with E-state index in [2.05, 4.69) is 10.6 Å². The van der Waals surface area contributed by atoms with Gasteiger partial charge in [0.2, 0.25) is 5.91 Å². The number of carbonyl (C=O) groups is 2. The topological polar surface area (TPSA) is 110 Å². The van der Waals surface area contributed by atoms with Gasteiger partial charge in [-0.3, -0.25) is 4.79 Å². The third-order valence-electron chi connectivity index (χ3n) is 2.43. The lowest BCUT2D eigenvalue weighted by Crippen LogP contribution is -2.28. The third-order valence-corrected chi connectivity index (χ3v) is 2.43. The van der Waals surface area contributed by atoms with Gasteiger partial charge in [-0.05, 0) is 24.6 Å². The number of nitrogens with one attached hydrogen (secondary N) is 2. The van der Waals surface area contributed by atoms with E-state index < -0.39 is 6.03 Å². The van der Waals surface area contributed by atoms with Crippen molar-refractivity contribution in [3.05, 3.63) is 29.8 Å². The number of nitrogens with two attached hydrogens (primary N) is 2. The van der Waals surface area contributed by atoms with Crippen LogP contribution in [0.2, 0.25) is 0 Å². The van der Waals surface area contributed by atoms with Crippen molar-refractivity contribution in [2.24, 2.45) is 11.5 Å². The summed E-state index contributed by atoms with van der Waals surface area (Å²) in [5.74, 6) is -0.0793. The molecule has 0 fully saturated rings. The summed E-state index contributed by atoms with van der Waals surface area (Å²) in [7, 11) is 0. The average Bonchev–Trinajstić information content (AvgIpc) is 2.29. The van der Waals surface area contributed by atoms with Crippen LogP contribution in [0.25, 0.3) is 0 Å². The summed E-state index contributed by atoms with van der Waals surface area (Å²) in [5.41, 5.74) is 11.9. The highest BCUT2D eigenvalue weighted by molar-refractivity contribution is 5.87. The fourth-order valence-electron chi connectivity index (χ4n) is 1.53. The van der Waals surface area contributed by atoms with Crippen LogP contribution >= 0.6 is 12.4 Å². The second-order valence-electron chi connectivity index (χ2n) is 3.94. The summed E-state index contributed by atoms with van der Waals surface area (Å²) < 4.78 is 0. The van der Waals surface area contributed by atoms with E-state index >= 15 is 0 Å². The number of primary amides is 1. The lowest BCUT2D eigenvalue weighted by atomic mass is 10.1. The molecule has 1 rings (SSSR count). The second kappa shape index (κ2) is 8.34. The number of anilines is 1. The normalized spacial score (nSPS) is 11.1. The summed E-state index contributed by atoms with van der Waals surface area (Å²) in [6.45, 7) is 2.21. The highest BCUT2D eigenvalue weighted by Gasteiger charge is 2.08. The average molecular weight is 287 g/mol. The molecule has 6 N–H and O–H groups in total. The number of halogens is 1. The lowest BCUT2D eigenvalue weighted by molar-refractivity contribution is -0.121. The predicted molar refractivity (Wildman–Crippen MR) is 77.1 cm³/mol. The van der Waals surface area contributed by atoms with Crippen LogP contribution in [0.1, 0.15) is 24.9 Å². The Balaban J connectivity index is 0.00000324. The lowest BCUT2D eigenvalue weighted by Gasteiger charge is -2.14. The molecule has 0 spiro atoms. The smallest absolute Gasteiger partial charge is 0.316 e. The molecule has 0 aliphatic heterocycles. The van der Waals surface area contributed by atoms with Gasteiger partial charge in [0.05, 0.1) is 6.04 Å². The SMILES string of the molecule is CC(NC(=O)CCN)c1ccc(NC(N)=O)cc1.Cl. The highest BCUT2D eigenvalue weighted by Crippen LogP contribution is 2.15. The van der Waals surface area contributed by atoms with Crippen molar-refractivity contribution in [2.45, 2.75) is 19.4 Å². The van der Waals surface area contributed by atoms with Crippen molar-refractivity contribution in [2.75, 3.05) is 11.9 Å². The maximum atomic E-state index is 11.4. The van der Waals surface area contributed by atoms with Gasteiger partial charge in [0.1, 0.15) is 0 Å². The first-order valence-electron chi connectivity index (χ1n) is 5.68. The van der Waals surface area contributed by atoms with Gasteiger partial charge in [0.15, 0.2) is 0 Å². The number of urea groups is 1. The summed E-state index contributed by atoms with van der Waals surface area (Å²) in [5, 5.41) is 5.29. The zero-order chi connectivity index (χ0) is 13.5. The Kier molecular flexibility index (Phi) is 7.55. The molecule has 0 aliphatic rings. The summed E-state index contributed by atoms with van der Waals surface area (Å²) in [6.07, 6.45) is 0.311. The molecule has 0 aromatic heterocycles. The van der Waals surface area contributed by atoms with Crippen LogP contribution in [0, 0.1) is 0 Å². The molecule has 0 aliphatic carbocycles. The van der Waals surface area contributed by atoms with Gasteiger partial charge < -0.3 is 22.1 Å². The zero-order valence-electron chi connectivity index (χ0n) is 10.7. The van der Waals surface area contributed by atoms with Crippen LogP contribution in [0.5, 0.6) is 0 Å². The largest absolute Gasteiger partial charge is 0.351 e. The van der Waals surface area contributed by atoms with E-state index in [1.54, 1.807) is 12.1 Å². The Morgan fingerprint density at radius 1 is 1.26 bits per heavy atom. The van der Waals surface area contributed by atoms with E-state index in [1.165, 1.54) is 0 Å². The number of benzene rings is 1. The van der Waals surface area contributed by atoms with Gasteiger partial charge in [0, 0.05) is 18.7 Å². The first kappa shape index (κ1) is 17.2. The Hall–Kier alpha value is -1.79. The molecule has 0 saturated heterocycles. The predicted octanol–water partition coefficient (Wildman–Crippen LogP) is 1.12. The molecular formula is C12H19ClN4O2. The molecule has 6 nitrogen and oxygen atoms in total. The molecule has 0 radical (unpaired) electrons. The number of hydrogen-bond donors (Lipinski definition) is 4. The minimum atomic E-state index is -0.605. The summed E-state index contributed by atoms with van der Waals surface area (Å²) in [6, 6.07) is 6.38. The number of carbonyl (C=O) groups excluding carboxylic acids is 2. The standard InChI is InChI=1S/C12H18N4O2.ClH/c1-8(15-11(17)6-7-13)9-2-4-10(5-3-9)16-12(14)18;/h2-5,8H,6-7,13H2,1H3,(H,15,17)(H3,14,16,18);1H. The van der Waals surface area contributed by atoms with E-state index in [9.17, 15) is 9.59 Å². The van der Waals surface area contributed by atoms with Crippen LogP contribution in [-0.2, 0) is 4.79 Å². The van der Waals surface area contributed by atoms with Crippen molar-refractivity contribution in [3.8, 4) is 0 Å². The maximum absolute atomic E-state index is 11.4. The highest BCUT2D eigenvalue weighted by atomic mass is 35.5. The zero-order valence-corrected chi connectivity index (χ0v) is 11.5. The Bertz CT molecular complexity index is 422. The number of amides is 3. The minimum absolute atomic E-state index is 0. The minimum Gasteiger partial charge on any atom is -0.351 e. The molecule has 0 heterocycles. The van der Waals surface area contributed by atoms with Crippen molar-refractivity contribution in [1.82, 2.24) is 5.32 Å². The fraction of sp³-hybridized carbons (Fsp3) is 0.333. The van der Waals surface area contributed by atoms with Crippen LogP contribution in [-0.4, -0.2) is 18.5 Å². The number of rotatable bonds is 5. The van der Waals surface area contributed by atoms with E-state index in [-0.39, 0.29) is 24.4 Å². The molecule has 1 aromatic rings. The fourth-order valence-corrected chi connectivity index (χ4v) is 1.53. The van der Waals surface area contributed by atoms with Gasteiger partial charge in [-0.15, -0.1) is 12.4 Å². The summed E-state index contributed by atoms with van der Waals surface area (Å²) in [4.78, 5) is 22.0. The van der Waals surface area contributed by atoms with Crippen molar-refractivity contribution in [1.29, 1.82) is 0 Å². The first-order chi connectivity index (χ1) is 8.52. The van der Waals surface area contributed by atoms with E-state index in [1.807, 2.05) is 19.1 Å². The van der Waals surface area contributed by atoms with Gasteiger partial charge in [0.25, 0.3) is 0 Å². The Labute approximate surface area is 118 Å². The molecule has 1 atom stereocenters. The number of hydrogen-bond acceptors (Lipinski definition) is 3. The molecule has 1 aromatic carbocycles. The molecule has 7 heteroatoms. The molecule has 19 heavy (non-hydrogen) atoms. The summed E-state index contributed by atoms with van der Waals surface area (Å²) >= 11 is 0. The second-order valence-corrected chi connectivity index (χ2v) is 3.94. The van der Waals surface area contributed by atoms with Gasteiger partial charge in [-0.1, -0.05) is 12.1 Å². The van der Waals surface area contributed by atoms with Crippen LogP contribution in [0.4, 0.5) is 10.5 Å². The van der Waals surface area contributed by atoms with Gasteiger partial charge in [-0.2, -0.15) is 0 Å². The molecule has 0 bridgehead atoms. The molecule has 0 saturated carbocycles. The maximum Gasteiger partial charge on any atom is 0.316 e. The molecular weight excluding hydrogens is 268 g/mol. The Morgan fingerprint density at radius 3 is 2.32 bits per heavy atom. The van der Waals surface area contributed by atoms with E-state index in [0.29, 0.717) is 18.7 Å². The first-order valence-corrected chi connectivity index (χ1v) is 5.68. The van der Waals surface area contributed by atoms with Gasteiger partial charge >= 0.3 is 6.03 Å². The van der Waals surface area contributed by atoms with Crippen LogP contribution < -0.4 is 22.1 Å². The molecule has 106 valence electrons. The van der Waals surface area contributed by atoms with Gasteiger partial charge in [-0.25, -0.2) is 4.79 Å². The van der Waals surface area contributed by atoms with Crippen LogP contribution in [0.3, 0.4) is 0 Å². The molecule has 3 amide bonds. The van der Waals surface area contributed by atoms with Crippen molar-refractivity contribution in [3.63, 3.8) is 0 Å². The Morgan fingerprint density at radius 2 is 1.84 bits per heavy atom.